The minimum absolute atomic E-state index is 0.559. The SMILES string of the molecule is CC(NS(=O)(=O)c1ccc(F)cc1[N+](=O)[O-])c1cn[nH]c1. The van der Waals surface area contributed by atoms with Crippen molar-refractivity contribution in [2.24, 2.45) is 0 Å². The average molecular weight is 314 g/mol. The van der Waals surface area contributed by atoms with Gasteiger partial charge in [0.2, 0.25) is 10.0 Å². The van der Waals surface area contributed by atoms with Gasteiger partial charge in [0.1, 0.15) is 5.82 Å². The fourth-order valence-electron chi connectivity index (χ4n) is 1.72. The maximum absolute atomic E-state index is 13.0. The summed E-state index contributed by atoms with van der Waals surface area (Å²) in [4.78, 5) is 9.33. The molecule has 21 heavy (non-hydrogen) atoms. The number of aromatic amines is 1. The fraction of sp³-hybridized carbons (Fsp3) is 0.182. The quantitative estimate of drug-likeness (QED) is 0.640. The van der Waals surface area contributed by atoms with Gasteiger partial charge in [0.05, 0.1) is 17.2 Å². The van der Waals surface area contributed by atoms with Crippen LogP contribution < -0.4 is 4.72 Å². The molecule has 0 spiro atoms. The first-order valence-corrected chi connectivity index (χ1v) is 7.24. The van der Waals surface area contributed by atoms with E-state index in [0.29, 0.717) is 11.6 Å². The molecule has 1 unspecified atom stereocenters. The van der Waals surface area contributed by atoms with Crippen LogP contribution in [0.15, 0.2) is 35.5 Å². The maximum Gasteiger partial charge on any atom is 0.292 e. The van der Waals surface area contributed by atoms with E-state index in [9.17, 15) is 22.9 Å². The number of nitrogens with zero attached hydrogens (tertiary/aromatic N) is 2. The predicted octanol–water partition coefficient (Wildman–Crippen LogP) is 1.50. The van der Waals surface area contributed by atoms with Gasteiger partial charge in [0.15, 0.2) is 4.90 Å². The van der Waals surface area contributed by atoms with Crippen molar-refractivity contribution >= 4 is 15.7 Å². The molecule has 0 bridgehead atoms. The molecular formula is C11H11FN4O4S. The van der Waals surface area contributed by atoms with Crippen LogP contribution in [-0.2, 0) is 10.0 Å². The van der Waals surface area contributed by atoms with Crippen LogP contribution in [0.4, 0.5) is 10.1 Å². The Morgan fingerprint density at radius 3 is 2.76 bits per heavy atom. The monoisotopic (exact) mass is 314 g/mol. The van der Waals surface area contributed by atoms with Crippen molar-refractivity contribution in [2.75, 3.05) is 0 Å². The van der Waals surface area contributed by atoms with Gasteiger partial charge < -0.3 is 0 Å². The van der Waals surface area contributed by atoms with Crippen molar-refractivity contribution in [3.8, 4) is 0 Å². The van der Waals surface area contributed by atoms with Crippen LogP contribution in [0.5, 0.6) is 0 Å². The zero-order valence-electron chi connectivity index (χ0n) is 10.8. The number of H-pyrrole nitrogens is 1. The summed E-state index contributed by atoms with van der Waals surface area (Å²) in [5.41, 5.74) is -0.259. The molecule has 0 aliphatic rings. The van der Waals surface area contributed by atoms with Gasteiger partial charge in [0.25, 0.3) is 5.69 Å². The van der Waals surface area contributed by atoms with Crippen LogP contribution in [0.25, 0.3) is 0 Å². The Kier molecular flexibility index (Phi) is 4.00. The molecule has 0 amide bonds. The van der Waals surface area contributed by atoms with Crippen molar-refractivity contribution in [1.82, 2.24) is 14.9 Å². The first-order valence-electron chi connectivity index (χ1n) is 5.76. The van der Waals surface area contributed by atoms with Gasteiger partial charge in [-0.2, -0.15) is 5.10 Å². The normalized spacial score (nSPS) is 13.0. The Hall–Kier alpha value is -2.33. The molecule has 1 aromatic heterocycles. The smallest absolute Gasteiger partial charge is 0.285 e. The van der Waals surface area contributed by atoms with Gasteiger partial charge in [0, 0.05) is 17.8 Å². The molecule has 0 saturated carbocycles. The number of aromatic nitrogens is 2. The minimum atomic E-state index is -4.18. The maximum atomic E-state index is 13.0. The molecule has 2 aromatic rings. The topological polar surface area (TPSA) is 118 Å². The summed E-state index contributed by atoms with van der Waals surface area (Å²) in [6.45, 7) is 1.55. The van der Waals surface area contributed by atoms with Crippen molar-refractivity contribution in [3.63, 3.8) is 0 Å². The lowest BCUT2D eigenvalue weighted by Crippen LogP contribution is -2.27. The lowest BCUT2D eigenvalue weighted by molar-refractivity contribution is -0.388. The summed E-state index contributed by atoms with van der Waals surface area (Å²) < 4.78 is 39.7. The molecule has 112 valence electrons. The van der Waals surface area contributed by atoms with Crippen LogP contribution in [-0.4, -0.2) is 23.5 Å². The Morgan fingerprint density at radius 2 is 2.19 bits per heavy atom. The van der Waals surface area contributed by atoms with Gasteiger partial charge >= 0.3 is 0 Å². The van der Waals surface area contributed by atoms with Gasteiger partial charge in [-0.3, -0.25) is 15.2 Å². The number of sulfonamides is 1. The van der Waals surface area contributed by atoms with Crippen LogP contribution in [0.3, 0.4) is 0 Å². The van der Waals surface area contributed by atoms with Crippen molar-refractivity contribution in [2.45, 2.75) is 17.9 Å². The molecule has 0 aliphatic heterocycles. The second-order valence-electron chi connectivity index (χ2n) is 4.24. The zero-order valence-corrected chi connectivity index (χ0v) is 11.6. The summed E-state index contributed by atoms with van der Waals surface area (Å²) in [5, 5.41) is 17.1. The molecule has 2 rings (SSSR count). The van der Waals surface area contributed by atoms with Crippen LogP contribution in [0.2, 0.25) is 0 Å². The fourth-order valence-corrected chi connectivity index (χ4v) is 3.11. The third kappa shape index (κ3) is 3.23. The third-order valence-electron chi connectivity index (χ3n) is 2.76. The number of hydrogen-bond donors (Lipinski definition) is 2. The van der Waals surface area contributed by atoms with E-state index in [2.05, 4.69) is 14.9 Å². The number of halogens is 1. The molecular weight excluding hydrogens is 303 g/mol. The van der Waals surface area contributed by atoms with Crippen LogP contribution >= 0.6 is 0 Å². The number of nitro groups is 1. The van der Waals surface area contributed by atoms with E-state index < -0.39 is 37.4 Å². The Labute approximate surface area is 119 Å². The van der Waals surface area contributed by atoms with E-state index in [4.69, 9.17) is 0 Å². The Balaban J connectivity index is 2.38. The van der Waals surface area contributed by atoms with Crippen molar-refractivity contribution in [1.29, 1.82) is 0 Å². The molecule has 8 nitrogen and oxygen atoms in total. The lowest BCUT2D eigenvalue weighted by Gasteiger charge is -2.12. The summed E-state index contributed by atoms with van der Waals surface area (Å²) in [6, 6.07) is 1.62. The van der Waals surface area contributed by atoms with Gasteiger partial charge in [-0.25, -0.2) is 17.5 Å². The van der Waals surface area contributed by atoms with Gasteiger partial charge in [-0.15, -0.1) is 0 Å². The molecule has 2 N–H and O–H groups in total. The summed E-state index contributed by atoms with van der Waals surface area (Å²) in [6.07, 6.45) is 2.92. The molecule has 0 radical (unpaired) electrons. The third-order valence-corrected chi connectivity index (χ3v) is 4.35. The molecule has 1 heterocycles. The summed E-state index contributed by atoms with van der Waals surface area (Å²) >= 11 is 0. The largest absolute Gasteiger partial charge is 0.292 e. The van der Waals surface area contributed by atoms with E-state index in [1.807, 2.05) is 0 Å². The average Bonchev–Trinajstić information content (AvgIpc) is 2.91. The second-order valence-corrected chi connectivity index (χ2v) is 5.93. The molecule has 0 fully saturated rings. The molecule has 1 atom stereocenters. The Morgan fingerprint density at radius 1 is 1.48 bits per heavy atom. The first kappa shape index (κ1) is 15.1. The van der Waals surface area contributed by atoms with E-state index in [1.165, 1.54) is 12.4 Å². The second kappa shape index (κ2) is 5.58. The van der Waals surface area contributed by atoms with Gasteiger partial charge in [-0.1, -0.05) is 0 Å². The highest BCUT2D eigenvalue weighted by Crippen LogP contribution is 2.26. The van der Waals surface area contributed by atoms with Crippen LogP contribution in [0, 0.1) is 15.9 Å². The van der Waals surface area contributed by atoms with Crippen molar-refractivity contribution < 1.29 is 17.7 Å². The number of rotatable bonds is 5. The molecule has 0 aliphatic carbocycles. The van der Waals surface area contributed by atoms with E-state index in [0.717, 1.165) is 12.1 Å². The summed E-state index contributed by atoms with van der Waals surface area (Å²) in [7, 11) is -4.18. The molecule has 0 saturated heterocycles. The predicted molar refractivity (Wildman–Crippen MR) is 70.4 cm³/mol. The van der Waals surface area contributed by atoms with E-state index >= 15 is 0 Å². The highest BCUT2D eigenvalue weighted by molar-refractivity contribution is 7.89. The first-order chi connectivity index (χ1) is 9.81. The van der Waals surface area contributed by atoms with E-state index in [1.54, 1.807) is 6.92 Å². The number of benzene rings is 1. The lowest BCUT2D eigenvalue weighted by atomic mass is 10.2. The molecule has 1 aromatic carbocycles. The highest BCUT2D eigenvalue weighted by atomic mass is 32.2. The molecule has 10 heteroatoms. The number of hydrogen-bond acceptors (Lipinski definition) is 5. The minimum Gasteiger partial charge on any atom is -0.285 e. The number of nitrogens with one attached hydrogen (secondary N) is 2. The van der Waals surface area contributed by atoms with Crippen molar-refractivity contribution in [3.05, 3.63) is 52.1 Å². The number of nitro benzene ring substituents is 1. The van der Waals surface area contributed by atoms with Gasteiger partial charge in [-0.05, 0) is 19.1 Å². The summed E-state index contributed by atoms with van der Waals surface area (Å²) in [5.74, 6) is -0.886. The zero-order chi connectivity index (χ0) is 15.6. The van der Waals surface area contributed by atoms with E-state index in [-0.39, 0.29) is 0 Å². The Bertz CT molecular complexity index is 761. The standard InChI is InChI=1S/C11H11FN4O4S/c1-7(8-5-13-14-6-8)15-21(19,20)11-3-2-9(12)4-10(11)16(17)18/h2-7,15H,1H3,(H,13,14). The highest BCUT2D eigenvalue weighted by Gasteiger charge is 2.28. The van der Waals surface area contributed by atoms with Crippen LogP contribution in [0.1, 0.15) is 18.5 Å².